The molecule has 3 aromatic rings. The monoisotopic (exact) mass is 401 g/mol. The van der Waals surface area contributed by atoms with E-state index in [2.05, 4.69) is 32.4 Å². The van der Waals surface area contributed by atoms with Crippen molar-refractivity contribution >= 4 is 11.6 Å². The number of anilines is 1. The molecule has 0 spiro atoms. The van der Waals surface area contributed by atoms with Crippen LogP contribution in [0.5, 0.6) is 0 Å². The second kappa shape index (κ2) is 8.30. The minimum atomic E-state index is 0.00986. The number of hydrogen-bond acceptors (Lipinski definition) is 4. The van der Waals surface area contributed by atoms with Crippen molar-refractivity contribution in [3.63, 3.8) is 0 Å². The fraction of sp³-hybridized carbons (Fsp3) is 0.375. The fourth-order valence-corrected chi connectivity index (χ4v) is 4.34. The lowest BCUT2D eigenvalue weighted by Gasteiger charge is -2.33. The van der Waals surface area contributed by atoms with Gasteiger partial charge in [0.05, 0.1) is 23.1 Å². The first-order valence-electron chi connectivity index (χ1n) is 10.9. The molecule has 1 saturated heterocycles. The molecule has 0 radical (unpaired) electrons. The molecule has 6 heteroatoms. The summed E-state index contributed by atoms with van der Waals surface area (Å²) in [6.07, 6.45) is 9.85. The van der Waals surface area contributed by atoms with E-state index in [9.17, 15) is 4.79 Å². The smallest absolute Gasteiger partial charge is 0.254 e. The molecule has 0 atom stereocenters. The Bertz CT molecular complexity index is 989. The molecule has 1 amide bonds. The van der Waals surface area contributed by atoms with Crippen LogP contribution in [0.4, 0.5) is 5.69 Å². The number of rotatable bonds is 6. The summed E-state index contributed by atoms with van der Waals surface area (Å²) >= 11 is 0. The zero-order chi connectivity index (χ0) is 20.3. The molecule has 154 valence electrons. The van der Waals surface area contributed by atoms with Crippen LogP contribution in [0.25, 0.3) is 5.69 Å². The molecule has 1 aliphatic heterocycles. The van der Waals surface area contributed by atoms with Crippen LogP contribution in [0.3, 0.4) is 0 Å². The van der Waals surface area contributed by atoms with E-state index in [0.29, 0.717) is 11.8 Å². The van der Waals surface area contributed by atoms with E-state index in [1.165, 1.54) is 5.69 Å². The number of hydrogen-bond donors (Lipinski definition) is 1. The van der Waals surface area contributed by atoms with Gasteiger partial charge in [-0.3, -0.25) is 9.78 Å². The number of aromatic nitrogens is 3. The van der Waals surface area contributed by atoms with Gasteiger partial charge >= 0.3 is 0 Å². The third-order valence-corrected chi connectivity index (χ3v) is 6.21. The Morgan fingerprint density at radius 2 is 1.70 bits per heavy atom. The summed E-state index contributed by atoms with van der Waals surface area (Å²) in [4.78, 5) is 19.5. The second-order valence-electron chi connectivity index (χ2n) is 8.31. The first-order chi connectivity index (χ1) is 14.8. The average Bonchev–Trinajstić information content (AvgIpc) is 3.56. The molecule has 2 aliphatic rings. The van der Waals surface area contributed by atoms with Gasteiger partial charge in [0.25, 0.3) is 5.91 Å². The van der Waals surface area contributed by atoms with E-state index < -0.39 is 0 Å². The van der Waals surface area contributed by atoms with E-state index >= 15 is 0 Å². The number of carbonyl (C=O) groups is 1. The van der Waals surface area contributed by atoms with Gasteiger partial charge in [0, 0.05) is 43.6 Å². The lowest BCUT2D eigenvalue weighted by molar-refractivity contribution is 0.0944. The van der Waals surface area contributed by atoms with Crippen molar-refractivity contribution in [3.05, 3.63) is 72.3 Å². The van der Waals surface area contributed by atoms with Crippen LogP contribution in [-0.2, 0) is 0 Å². The molecular formula is C24H27N5O. The van der Waals surface area contributed by atoms with Crippen LogP contribution in [0.1, 0.15) is 47.7 Å². The number of pyridine rings is 1. The molecule has 3 heterocycles. The Kier molecular flexibility index (Phi) is 5.22. The number of carbonyl (C=O) groups excluding carboxylic acids is 1. The van der Waals surface area contributed by atoms with Crippen molar-refractivity contribution in [2.75, 3.05) is 24.5 Å². The SMILES string of the molecule is O=C(NCC1CCN(c2ccncc2)CC1)c1cnn(-c2ccccc2)c1C1CC1. The van der Waals surface area contributed by atoms with E-state index in [4.69, 9.17) is 0 Å². The fourth-order valence-electron chi connectivity index (χ4n) is 4.34. The molecule has 2 fully saturated rings. The summed E-state index contributed by atoms with van der Waals surface area (Å²) in [6, 6.07) is 14.2. The summed E-state index contributed by atoms with van der Waals surface area (Å²) in [5, 5.41) is 7.74. The number of amides is 1. The van der Waals surface area contributed by atoms with Crippen molar-refractivity contribution in [1.29, 1.82) is 0 Å². The van der Waals surface area contributed by atoms with Gasteiger partial charge in [-0.25, -0.2) is 4.68 Å². The maximum absolute atomic E-state index is 13.0. The Labute approximate surface area is 176 Å². The number of para-hydroxylation sites is 1. The molecule has 0 unspecified atom stereocenters. The van der Waals surface area contributed by atoms with Gasteiger partial charge in [0.1, 0.15) is 0 Å². The topological polar surface area (TPSA) is 63.1 Å². The molecule has 5 rings (SSSR count). The van der Waals surface area contributed by atoms with Crippen molar-refractivity contribution < 1.29 is 4.79 Å². The standard InChI is InChI=1S/C24H27N5O/c30-24(26-16-18-10-14-28(15-11-18)20-8-12-25-13-9-20)22-17-27-29(23(22)19-6-7-19)21-4-2-1-3-5-21/h1-5,8-9,12-13,17-19H,6-7,10-11,14-16H2,(H,26,30). The molecule has 1 N–H and O–H groups in total. The van der Waals surface area contributed by atoms with Gasteiger partial charge < -0.3 is 10.2 Å². The van der Waals surface area contributed by atoms with Gasteiger partial charge in [-0.2, -0.15) is 5.10 Å². The van der Waals surface area contributed by atoms with Crippen LogP contribution in [0.15, 0.2) is 61.1 Å². The van der Waals surface area contributed by atoms with E-state index in [-0.39, 0.29) is 5.91 Å². The minimum Gasteiger partial charge on any atom is -0.371 e. The highest BCUT2D eigenvalue weighted by molar-refractivity contribution is 5.95. The van der Waals surface area contributed by atoms with Gasteiger partial charge in [-0.15, -0.1) is 0 Å². The Balaban J connectivity index is 1.21. The van der Waals surface area contributed by atoms with E-state index in [0.717, 1.165) is 62.3 Å². The quantitative estimate of drug-likeness (QED) is 0.683. The van der Waals surface area contributed by atoms with Crippen LogP contribution in [0, 0.1) is 5.92 Å². The third-order valence-electron chi connectivity index (χ3n) is 6.21. The molecule has 6 nitrogen and oxygen atoms in total. The molecule has 1 saturated carbocycles. The lowest BCUT2D eigenvalue weighted by atomic mass is 9.96. The molecule has 0 bridgehead atoms. The van der Waals surface area contributed by atoms with Gasteiger partial charge in [-0.1, -0.05) is 18.2 Å². The summed E-state index contributed by atoms with van der Waals surface area (Å²) in [7, 11) is 0. The third kappa shape index (κ3) is 3.95. The maximum atomic E-state index is 13.0. The van der Waals surface area contributed by atoms with Crippen molar-refractivity contribution in [2.45, 2.75) is 31.6 Å². The molecule has 30 heavy (non-hydrogen) atoms. The highest BCUT2D eigenvalue weighted by atomic mass is 16.1. The zero-order valence-electron chi connectivity index (χ0n) is 17.1. The summed E-state index contributed by atoms with van der Waals surface area (Å²) < 4.78 is 1.94. The summed E-state index contributed by atoms with van der Waals surface area (Å²) in [5.41, 5.74) is 4.04. The second-order valence-corrected chi connectivity index (χ2v) is 8.31. The van der Waals surface area contributed by atoms with E-state index in [1.807, 2.05) is 47.4 Å². The van der Waals surface area contributed by atoms with Gasteiger partial charge in [-0.05, 0) is 55.9 Å². The normalized spacial score (nSPS) is 17.1. The summed E-state index contributed by atoms with van der Waals surface area (Å²) in [6.45, 7) is 2.76. The Morgan fingerprint density at radius 3 is 2.40 bits per heavy atom. The molecule has 1 aromatic carbocycles. The zero-order valence-corrected chi connectivity index (χ0v) is 17.1. The Morgan fingerprint density at radius 1 is 0.967 bits per heavy atom. The predicted molar refractivity (Wildman–Crippen MR) is 117 cm³/mol. The summed E-state index contributed by atoms with van der Waals surface area (Å²) in [5.74, 6) is 0.966. The van der Waals surface area contributed by atoms with Gasteiger partial charge in [0.2, 0.25) is 0 Å². The number of piperidine rings is 1. The number of nitrogens with one attached hydrogen (secondary N) is 1. The molecule has 2 aromatic heterocycles. The predicted octanol–water partition coefficient (Wildman–Crippen LogP) is 3.79. The first-order valence-corrected chi connectivity index (χ1v) is 10.9. The number of benzene rings is 1. The highest BCUT2D eigenvalue weighted by Gasteiger charge is 2.33. The molecular weight excluding hydrogens is 374 g/mol. The largest absolute Gasteiger partial charge is 0.371 e. The van der Waals surface area contributed by atoms with Crippen molar-refractivity contribution in [2.24, 2.45) is 5.92 Å². The Hall–Kier alpha value is -3.15. The highest BCUT2D eigenvalue weighted by Crippen LogP contribution is 2.42. The van der Waals surface area contributed by atoms with Crippen molar-refractivity contribution in [1.82, 2.24) is 20.1 Å². The van der Waals surface area contributed by atoms with Gasteiger partial charge in [0.15, 0.2) is 0 Å². The van der Waals surface area contributed by atoms with Crippen LogP contribution in [-0.4, -0.2) is 40.3 Å². The van der Waals surface area contributed by atoms with Crippen LogP contribution in [0.2, 0.25) is 0 Å². The van der Waals surface area contributed by atoms with E-state index in [1.54, 1.807) is 6.20 Å². The lowest BCUT2D eigenvalue weighted by Crippen LogP contribution is -2.38. The van der Waals surface area contributed by atoms with Crippen LogP contribution < -0.4 is 10.2 Å². The van der Waals surface area contributed by atoms with Crippen LogP contribution >= 0.6 is 0 Å². The number of nitrogens with zero attached hydrogens (tertiary/aromatic N) is 4. The average molecular weight is 402 g/mol. The first kappa shape index (κ1) is 18.9. The van der Waals surface area contributed by atoms with Crippen molar-refractivity contribution in [3.8, 4) is 5.69 Å². The minimum absolute atomic E-state index is 0.00986. The molecule has 1 aliphatic carbocycles. The maximum Gasteiger partial charge on any atom is 0.254 e.